The van der Waals surface area contributed by atoms with E-state index in [0.29, 0.717) is 34.4 Å². The molecule has 0 amide bonds. The number of hydrogen-bond donors (Lipinski definition) is 0. The summed E-state index contributed by atoms with van der Waals surface area (Å²) in [5, 5.41) is 0.998. The number of halogens is 1. The van der Waals surface area contributed by atoms with Gasteiger partial charge in [0.1, 0.15) is 10.5 Å². The molecule has 1 aliphatic rings. The zero-order chi connectivity index (χ0) is 19.2. The van der Waals surface area contributed by atoms with Gasteiger partial charge in [-0.15, -0.1) is 0 Å². The minimum atomic E-state index is -4.05. The van der Waals surface area contributed by atoms with E-state index >= 15 is 0 Å². The molecule has 7 heteroatoms. The SMILES string of the molecule is Cc1cc(OS(=O)(=O)c2ccc(Cl)cc2)c2c3c(c(=O)oc2c1)CCCC3. The molecule has 140 valence electrons. The Balaban J connectivity index is 1.91. The first kappa shape index (κ1) is 18.1. The lowest BCUT2D eigenvalue weighted by molar-refractivity contribution is 0.486. The highest BCUT2D eigenvalue weighted by molar-refractivity contribution is 7.87. The molecule has 1 aliphatic carbocycles. The molecule has 0 bridgehead atoms. The van der Waals surface area contributed by atoms with Crippen LogP contribution in [0.1, 0.15) is 29.5 Å². The zero-order valence-electron chi connectivity index (χ0n) is 14.6. The molecule has 3 aromatic rings. The van der Waals surface area contributed by atoms with E-state index in [2.05, 4.69) is 0 Å². The van der Waals surface area contributed by atoms with Gasteiger partial charge < -0.3 is 8.60 Å². The van der Waals surface area contributed by atoms with E-state index in [1.165, 1.54) is 24.3 Å². The fourth-order valence-electron chi connectivity index (χ4n) is 3.50. The van der Waals surface area contributed by atoms with Crippen LogP contribution >= 0.6 is 11.6 Å². The van der Waals surface area contributed by atoms with Crippen molar-refractivity contribution in [3.8, 4) is 5.75 Å². The fourth-order valence-corrected chi connectivity index (χ4v) is 4.56. The molecule has 2 aromatic carbocycles. The zero-order valence-corrected chi connectivity index (χ0v) is 16.2. The molecule has 0 saturated heterocycles. The first-order valence-corrected chi connectivity index (χ1v) is 10.4. The van der Waals surface area contributed by atoms with Crippen LogP contribution in [0, 0.1) is 6.92 Å². The van der Waals surface area contributed by atoms with Crippen LogP contribution in [-0.4, -0.2) is 8.42 Å². The monoisotopic (exact) mass is 404 g/mol. The first-order valence-electron chi connectivity index (χ1n) is 8.64. The normalized spacial score (nSPS) is 14.1. The summed E-state index contributed by atoms with van der Waals surface area (Å²) in [5.74, 6) is 0.182. The van der Waals surface area contributed by atoms with E-state index in [-0.39, 0.29) is 16.3 Å². The minimum Gasteiger partial charge on any atom is -0.422 e. The van der Waals surface area contributed by atoms with E-state index in [4.69, 9.17) is 20.2 Å². The topological polar surface area (TPSA) is 73.6 Å². The van der Waals surface area contributed by atoms with E-state index in [1.54, 1.807) is 19.1 Å². The van der Waals surface area contributed by atoms with Crippen molar-refractivity contribution >= 4 is 32.7 Å². The molecule has 0 unspecified atom stereocenters. The van der Waals surface area contributed by atoms with Crippen molar-refractivity contribution in [2.75, 3.05) is 0 Å². The molecule has 5 nitrogen and oxygen atoms in total. The molecule has 0 fully saturated rings. The lowest BCUT2D eigenvalue weighted by Crippen LogP contribution is -2.17. The fraction of sp³-hybridized carbons (Fsp3) is 0.250. The number of aryl methyl sites for hydroxylation is 2. The van der Waals surface area contributed by atoms with Crippen molar-refractivity contribution in [3.63, 3.8) is 0 Å². The van der Waals surface area contributed by atoms with Gasteiger partial charge in [0.15, 0.2) is 5.75 Å². The standard InChI is InChI=1S/C20H17ClO5S/c1-12-10-17-19(15-4-2-3-5-16(15)20(22)25-17)18(11-12)26-27(23,24)14-8-6-13(21)7-9-14/h6-11H,2-5H2,1H3. The molecule has 1 heterocycles. The Hall–Kier alpha value is -2.31. The van der Waals surface area contributed by atoms with Gasteiger partial charge in [0.2, 0.25) is 0 Å². The smallest absolute Gasteiger partial charge is 0.339 e. The Bertz CT molecular complexity index is 1190. The van der Waals surface area contributed by atoms with Crippen LogP contribution < -0.4 is 9.81 Å². The Morgan fingerprint density at radius 1 is 1.04 bits per heavy atom. The maximum absolute atomic E-state index is 12.7. The van der Waals surface area contributed by atoms with Crippen LogP contribution in [-0.2, 0) is 23.0 Å². The van der Waals surface area contributed by atoms with E-state index in [9.17, 15) is 13.2 Å². The quantitative estimate of drug-likeness (QED) is 0.477. The van der Waals surface area contributed by atoms with Gasteiger partial charge in [0.05, 0.1) is 5.39 Å². The van der Waals surface area contributed by atoms with Gasteiger partial charge in [-0.25, -0.2) is 4.79 Å². The van der Waals surface area contributed by atoms with Gasteiger partial charge in [-0.2, -0.15) is 8.42 Å². The Morgan fingerprint density at radius 2 is 1.70 bits per heavy atom. The van der Waals surface area contributed by atoms with Crippen LogP contribution in [0.5, 0.6) is 5.75 Å². The second-order valence-corrected chi connectivity index (χ2v) is 8.66. The van der Waals surface area contributed by atoms with Crippen LogP contribution in [0.15, 0.2) is 50.5 Å². The molecular weight excluding hydrogens is 388 g/mol. The average molecular weight is 405 g/mol. The van der Waals surface area contributed by atoms with E-state index in [1.807, 2.05) is 0 Å². The number of rotatable bonds is 3. The van der Waals surface area contributed by atoms with Crippen LogP contribution in [0.25, 0.3) is 11.0 Å². The van der Waals surface area contributed by atoms with Crippen molar-refractivity contribution < 1.29 is 17.0 Å². The molecule has 0 atom stereocenters. The minimum absolute atomic E-state index is 0.00723. The van der Waals surface area contributed by atoms with Crippen LogP contribution in [0.3, 0.4) is 0 Å². The molecule has 0 aliphatic heterocycles. The second kappa shape index (κ2) is 6.69. The molecule has 1 aromatic heterocycles. The summed E-state index contributed by atoms with van der Waals surface area (Å²) >= 11 is 5.84. The summed E-state index contributed by atoms with van der Waals surface area (Å²) in [5.41, 5.74) is 2.18. The molecule has 0 spiro atoms. The molecule has 0 N–H and O–H groups in total. The van der Waals surface area contributed by atoms with Gasteiger partial charge in [-0.3, -0.25) is 0 Å². The Morgan fingerprint density at radius 3 is 2.41 bits per heavy atom. The summed E-state index contributed by atoms with van der Waals surface area (Å²) < 4.78 is 36.5. The third kappa shape index (κ3) is 3.35. The van der Waals surface area contributed by atoms with Crippen molar-refractivity contribution in [3.05, 3.63) is 68.5 Å². The van der Waals surface area contributed by atoms with Gasteiger partial charge in [-0.05, 0) is 80.1 Å². The molecule has 4 rings (SSSR count). The number of benzene rings is 2. The molecular formula is C20H17ClO5S. The summed E-state index contributed by atoms with van der Waals surface area (Å²) in [7, 11) is -4.05. The highest BCUT2D eigenvalue weighted by Crippen LogP contribution is 2.36. The van der Waals surface area contributed by atoms with Gasteiger partial charge in [-0.1, -0.05) is 11.6 Å². The van der Waals surface area contributed by atoms with E-state index in [0.717, 1.165) is 24.0 Å². The average Bonchev–Trinajstić information content (AvgIpc) is 2.61. The predicted octanol–water partition coefficient (Wildman–Crippen LogP) is 4.40. The van der Waals surface area contributed by atoms with Crippen molar-refractivity contribution in [1.29, 1.82) is 0 Å². The summed E-state index contributed by atoms with van der Waals surface area (Å²) in [4.78, 5) is 12.3. The van der Waals surface area contributed by atoms with E-state index < -0.39 is 10.1 Å². The van der Waals surface area contributed by atoms with Crippen LogP contribution in [0.2, 0.25) is 5.02 Å². The van der Waals surface area contributed by atoms with Gasteiger partial charge in [0.25, 0.3) is 0 Å². The van der Waals surface area contributed by atoms with Gasteiger partial charge in [0, 0.05) is 10.6 Å². The summed E-state index contributed by atoms with van der Waals surface area (Å²) in [6.07, 6.45) is 3.17. The van der Waals surface area contributed by atoms with Gasteiger partial charge >= 0.3 is 15.7 Å². The largest absolute Gasteiger partial charge is 0.422 e. The molecule has 27 heavy (non-hydrogen) atoms. The summed E-state index contributed by atoms with van der Waals surface area (Å²) in [6, 6.07) is 9.16. The molecule has 0 radical (unpaired) electrons. The van der Waals surface area contributed by atoms with Crippen molar-refractivity contribution in [2.24, 2.45) is 0 Å². The molecule has 0 saturated carbocycles. The third-order valence-corrected chi connectivity index (χ3v) is 6.23. The Kier molecular flexibility index (Phi) is 4.48. The Labute approximate surface area is 161 Å². The maximum atomic E-state index is 12.7. The van der Waals surface area contributed by atoms with Crippen LogP contribution in [0.4, 0.5) is 0 Å². The summed E-state index contributed by atoms with van der Waals surface area (Å²) in [6.45, 7) is 1.79. The lowest BCUT2D eigenvalue weighted by atomic mass is 9.90. The lowest BCUT2D eigenvalue weighted by Gasteiger charge is -2.18. The first-order chi connectivity index (χ1) is 12.8. The second-order valence-electron chi connectivity index (χ2n) is 6.68. The highest BCUT2D eigenvalue weighted by atomic mass is 35.5. The van der Waals surface area contributed by atoms with Crippen molar-refractivity contribution in [2.45, 2.75) is 37.5 Å². The maximum Gasteiger partial charge on any atom is 0.339 e. The van der Waals surface area contributed by atoms with Crippen molar-refractivity contribution in [1.82, 2.24) is 0 Å². The number of hydrogen-bond acceptors (Lipinski definition) is 5. The predicted molar refractivity (Wildman–Crippen MR) is 103 cm³/mol. The highest BCUT2D eigenvalue weighted by Gasteiger charge is 2.24. The third-order valence-electron chi connectivity index (χ3n) is 4.73. The number of fused-ring (bicyclic) bond motifs is 3.